The first kappa shape index (κ1) is 21.8. The maximum absolute atomic E-state index is 14.8. The number of nitrogens with zero attached hydrogens (tertiary/aromatic N) is 1. The summed E-state index contributed by atoms with van der Waals surface area (Å²) in [7, 11) is 1.21. The highest BCUT2D eigenvalue weighted by Crippen LogP contribution is 2.38. The minimum atomic E-state index is -1.08. The lowest BCUT2D eigenvalue weighted by molar-refractivity contribution is 0.0465. The van der Waals surface area contributed by atoms with Crippen molar-refractivity contribution in [3.8, 4) is 17.0 Å². The molecule has 0 spiro atoms. The van der Waals surface area contributed by atoms with Crippen molar-refractivity contribution in [3.63, 3.8) is 0 Å². The van der Waals surface area contributed by atoms with Crippen LogP contribution in [0.15, 0.2) is 36.4 Å². The number of carbonyl (C=O) groups is 1. The van der Waals surface area contributed by atoms with Crippen LogP contribution in [0.2, 0.25) is 10.0 Å². The van der Waals surface area contributed by atoms with Gasteiger partial charge in [-0.3, -0.25) is 0 Å². The third-order valence-electron chi connectivity index (χ3n) is 4.43. The summed E-state index contributed by atoms with van der Waals surface area (Å²) in [6.45, 7) is 1.80. The van der Waals surface area contributed by atoms with Crippen LogP contribution < -0.4 is 10.5 Å². The molecule has 156 valence electrons. The number of aromatic nitrogens is 1. The molecule has 1 heterocycles. The first-order valence-corrected chi connectivity index (χ1v) is 9.40. The Morgan fingerprint density at radius 1 is 1.13 bits per heavy atom. The highest BCUT2D eigenvalue weighted by Gasteiger charge is 2.26. The summed E-state index contributed by atoms with van der Waals surface area (Å²) >= 11 is 11.9. The van der Waals surface area contributed by atoms with E-state index in [1.165, 1.54) is 19.2 Å². The molecular weight excluding hydrogens is 437 g/mol. The van der Waals surface area contributed by atoms with Crippen LogP contribution in [-0.4, -0.2) is 18.1 Å². The van der Waals surface area contributed by atoms with Gasteiger partial charge in [-0.25, -0.2) is 18.6 Å². The summed E-state index contributed by atoms with van der Waals surface area (Å²) in [5.74, 6) is -3.28. The lowest BCUT2D eigenvalue weighted by Crippen LogP contribution is -2.13. The summed E-state index contributed by atoms with van der Waals surface area (Å²) in [6.07, 6.45) is 0. The Morgan fingerprint density at radius 2 is 1.83 bits per heavy atom. The number of rotatable bonds is 5. The van der Waals surface area contributed by atoms with E-state index in [9.17, 15) is 13.6 Å². The van der Waals surface area contributed by atoms with Crippen LogP contribution in [0.1, 0.15) is 21.6 Å². The number of ether oxygens (including phenoxy) is 2. The van der Waals surface area contributed by atoms with E-state index in [1.54, 1.807) is 12.1 Å². The predicted molar refractivity (Wildman–Crippen MR) is 111 cm³/mol. The number of anilines is 1. The van der Waals surface area contributed by atoms with Gasteiger partial charge in [0.2, 0.25) is 0 Å². The molecule has 0 aliphatic carbocycles. The minimum absolute atomic E-state index is 0.0149. The van der Waals surface area contributed by atoms with Crippen molar-refractivity contribution < 1.29 is 23.0 Å². The summed E-state index contributed by atoms with van der Waals surface area (Å²) in [5, 5.41) is -0.439. The van der Waals surface area contributed by atoms with Crippen LogP contribution >= 0.6 is 23.2 Å². The standard InChI is InChI=1S/C21H16Cl2F2N2O3/c1-10-5-3-4-6-11(10)9-30-21(28)19-14(23)17(26)16(25)18(27-19)12-7-8-13(22)20(29-2)15(12)24/h3-8H,9H2,1-2H3,(H2,26,27). The molecule has 3 rings (SSSR count). The third kappa shape index (κ3) is 4.04. The molecule has 0 unspecified atom stereocenters. The molecule has 1 aromatic heterocycles. The molecule has 30 heavy (non-hydrogen) atoms. The summed E-state index contributed by atoms with van der Waals surface area (Å²) < 4.78 is 39.7. The number of hydrogen-bond acceptors (Lipinski definition) is 5. The molecule has 0 saturated carbocycles. The number of aryl methyl sites for hydroxylation is 1. The van der Waals surface area contributed by atoms with Crippen molar-refractivity contribution in [3.05, 3.63) is 74.9 Å². The molecule has 0 aliphatic rings. The zero-order valence-electron chi connectivity index (χ0n) is 15.9. The van der Waals surface area contributed by atoms with Crippen LogP contribution in [0.3, 0.4) is 0 Å². The predicted octanol–water partition coefficient (Wildman–Crippen LogP) is 5.59. The molecule has 0 saturated heterocycles. The molecule has 0 fully saturated rings. The summed E-state index contributed by atoms with van der Waals surface area (Å²) in [6, 6.07) is 9.80. The van der Waals surface area contributed by atoms with Gasteiger partial charge < -0.3 is 15.2 Å². The van der Waals surface area contributed by atoms with Gasteiger partial charge in [0.1, 0.15) is 12.3 Å². The Bertz CT molecular complexity index is 1140. The van der Waals surface area contributed by atoms with Crippen LogP contribution in [0, 0.1) is 18.6 Å². The van der Waals surface area contributed by atoms with Gasteiger partial charge in [0.25, 0.3) is 0 Å². The number of carbonyl (C=O) groups excluding carboxylic acids is 1. The topological polar surface area (TPSA) is 74.4 Å². The van der Waals surface area contributed by atoms with E-state index >= 15 is 0 Å². The van der Waals surface area contributed by atoms with Gasteiger partial charge in [-0.2, -0.15) is 0 Å². The fourth-order valence-corrected chi connectivity index (χ4v) is 3.19. The molecule has 2 N–H and O–H groups in total. The molecule has 0 bridgehead atoms. The number of nitrogen functional groups attached to an aromatic ring is 1. The van der Waals surface area contributed by atoms with E-state index < -0.39 is 39.7 Å². The Morgan fingerprint density at radius 3 is 2.50 bits per heavy atom. The average molecular weight is 453 g/mol. The monoisotopic (exact) mass is 452 g/mol. The molecular formula is C21H16Cl2F2N2O3. The second kappa shape index (κ2) is 8.85. The van der Waals surface area contributed by atoms with Gasteiger partial charge in [0.15, 0.2) is 23.1 Å². The minimum Gasteiger partial charge on any atom is -0.492 e. The average Bonchev–Trinajstić information content (AvgIpc) is 2.72. The SMILES string of the molecule is COc1c(Cl)ccc(-c2nc(C(=O)OCc3ccccc3C)c(Cl)c(N)c2F)c1F. The lowest BCUT2D eigenvalue weighted by atomic mass is 10.1. The zero-order chi connectivity index (χ0) is 22.0. The molecule has 0 atom stereocenters. The van der Waals surface area contributed by atoms with E-state index in [0.717, 1.165) is 11.1 Å². The van der Waals surface area contributed by atoms with Crippen molar-refractivity contribution in [2.45, 2.75) is 13.5 Å². The fraction of sp³-hybridized carbons (Fsp3) is 0.143. The normalized spacial score (nSPS) is 10.7. The Kier molecular flexibility index (Phi) is 6.43. The largest absolute Gasteiger partial charge is 0.492 e. The Hall–Kier alpha value is -2.90. The van der Waals surface area contributed by atoms with Gasteiger partial charge >= 0.3 is 5.97 Å². The fourth-order valence-electron chi connectivity index (χ4n) is 2.76. The number of benzene rings is 2. The molecule has 0 radical (unpaired) electrons. The van der Waals surface area contributed by atoms with E-state index in [1.807, 2.05) is 19.1 Å². The number of hydrogen-bond donors (Lipinski definition) is 1. The van der Waals surface area contributed by atoms with E-state index in [2.05, 4.69) is 4.98 Å². The maximum atomic E-state index is 14.8. The van der Waals surface area contributed by atoms with Gasteiger partial charge in [-0.05, 0) is 30.2 Å². The number of halogens is 4. The van der Waals surface area contributed by atoms with Crippen LogP contribution in [0.25, 0.3) is 11.3 Å². The van der Waals surface area contributed by atoms with Gasteiger partial charge in [0.05, 0.1) is 22.8 Å². The molecule has 0 aliphatic heterocycles. The second-order valence-electron chi connectivity index (χ2n) is 6.30. The van der Waals surface area contributed by atoms with Gasteiger partial charge in [-0.1, -0.05) is 47.5 Å². The molecule has 9 heteroatoms. The summed E-state index contributed by atoms with van der Waals surface area (Å²) in [4.78, 5) is 16.5. The number of methoxy groups -OCH3 is 1. The van der Waals surface area contributed by atoms with Crippen molar-refractivity contribution in [1.82, 2.24) is 4.98 Å². The Labute approximate surface area is 181 Å². The maximum Gasteiger partial charge on any atom is 0.358 e. The second-order valence-corrected chi connectivity index (χ2v) is 7.08. The van der Waals surface area contributed by atoms with Crippen molar-refractivity contribution in [2.75, 3.05) is 12.8 Å². The smallest absolute Gasteiger partial charge is 0.358 e. The molecule has 5 nitrogen and oxygen atoms in total. The van der Waals surface area contributed by atoms with E-state index in [-0.39, 0.29) is 22.9 Å². The van der Waals surface area contributed by atoms with Crippen LogP contribution in [-0.2, 0) is 11.3 Å². The highest BCUT2D eigenvalue weighted by molar-refractivity contribution is 6.36. The van der Waals surface area contributed by atoms with E-state index in [0.29, 0.717) is 0 Å². The van der Waals surface area contributed by atoms with E-state index in [4.69, 9.17) is 38.4 Å². The number of pyridine rings is 1. The quantitative estimate of drug-likeness (QED) is 0.510. The zero-order valence-corrected chi connectivity index (χ0v) is 17.4. The Balaban J connectivity index is 2.03. The van der Waals surface area contributed by atoms with Crippen LogP contribution in [0.5, 0.6) is 5.75 Å². The highest BCUT2D eigenvalue weighted by atomic mass is 35.5. The van der Waals surface area contributed by atoms with Crippen LogP contribution in [0.4, 0.5) is 14.5 Å². The summed E-state index contributed by atoms with van der Waals surface area (Å²) in [5.41, 5.74) is 5.57. The first-order chi connectivity index (χ1) is 14.3. The first-order valence-electron chi connectivity index (χ1n) is 8.64. The van der Waals surface area contributed by atoms with Crippen molar-refractivity contribution in [2.24, 2.45) is 0 Å². The van der Waals surface area contributed by atoms with Gasteiger partial charge in [0, 0.05) is 5.56 Å². The van der Waals surface area contributed by atoms with Crippen molar-refractivity contribution in [1.29, 1.82) is 0 Å². The molecule has 3 aromatic rings. The van der Waals surface area contributed by atoms with Gasteiger partial charge in [-0.15, -0.1) is 0 Å². The number of esters is 1. The molecule has 2 aromatic carbocycles. The lowest BCUT2D eigenvalue weighted by Gasteiger charge is -2.14. The number of nitrogens with two attached hydrogens (primary N) is 1. The third-order valence-corrected chi connectivity index (χ3v) is 5.11. The van der Waals surface area contributed by atoms with Crippen molar-refractivity contribution >= 4 is 34.9 Å². The molecule has 0 amide bonds.